The van der Waals surface area contributed by atoms with Crippen LogP contribution >= 0.6 is 22.9 Å². The van der Waals surface area contributed by atoms with Gasteiger partial charge < -0.3 is 5.73 Å². The van der Waals surface area contributed by atoms with Crippen LogP contribution in [0.4, 0.5) is 5.69 Å². The van der Waals surface area contributed by atoms with Crippen LogP contribution in [0.5, 0.6) is 0 Å². The summed E-state index contributed by atoms with van der Waals surface area (Å²) in [6.45, 7) is 1.82. The minimum Gasteiger partial charge on any atom is -0.399 e. The lowest BCUT2D eigenvalue weighted by Gasteiger charge is -2.02. The van der Waals surface area contributed by atoms with E-state index in [-0.39, 0.29) is 5.91 Å². The Labute approximate surface area is 142 Å². The van der Waals surface area contributed by atoms with Crippen LogP contribution in [0, 0.1) is 0 Å². The van der Waals surface area contributed by atoms with Gasteiger partial charge in [-0.05, 0) is 30.7 Å². The van der Waals surface area contributed by atoms with Crippen molar-refractivity contribution in [3.8, 4) is 0 Å². The summed E-state index contributed by atoms with van der Waals surface area (Å²) in [5, 5.41) is 5.48. The lowest BCUT2D eigenvalue weighted by molar-refractivity contribution is 0.0959. The zero-order chi connectivity index (χ0) is 16.4. The van der Waals surface area contributed by atoms with Crippen LogP contribution in [0.25, 0.3) is 10.1 Å². The van der Waals surface area contributed by atoms with Crippen LogP contribution in [-0.4, -0.2) is 11.6 Å². The van der Waals surface area contributed by atoms with Gasteiger partial charge in [0.1, 0.15) is 4.88 Å². The second-order valence-corrected chi connectivity index (χ2v) is 6.43. The molecule has 0 radical (unpaired) electrons. The first kappa shape index (κ1) is 15.5. The minimum absolute atomic E-state index is 0.314. The van der Waals surface area contributed by atoms with Crippen molar-refractivity contribution in [1.29, 1.82) is 0 Å². The lowest BCUT2D eigenvalue weighted by Crippen LogP contribution is -2.18. The van der Waals surface area contributed by atoms with Gasteiger partial charge in [-0.2, -0.15) is 5.10 Å². The van der Waals surface area contributed by atoms with Gasteiger partial charge in [0, 0.05) is 15.8 Å². The van der Waals surface area contributed by atoms with E-state index < -0.39 is 0 Å². The fourth-order valence-electron chi connectivity index (χ4n) is 2.13. The molecule has 3 N–H and O–H groups in total. The SMILES string of the molecule is C/C(=N/NC(=O)c1sc2ccccc2c1Cl)c1ccc(N)cc1. The maximum absolute atomic E-state index is 12.3. The highest BCUT2D eigenvalue weighted by Crippen LogP contribution is 2.34. The van der Waals surface area contributed by atoms with E-state index in [9.17, 15) is 4.79 Å². The normalized spacial score (nSPS) is 11.7. The number of thiophene rings is 1. The number of amides is 1. The monoisotopic (exact) mass is 343 g/mol. The zero-order valence-electron chi connectivity index (χ0n) is 12.3. The van der Waals surface area contributed by atoms with Crippen molar-refractivity contribution in [3.63, 3.8) is 0 Å². The number of halogens is 1. The molecule has 0 atom stereocenters. The molecule has 1 amide bonds. The number of fused-ring (bicyclic) bond motifs is 1. The van der Waals surface area contributed by atoms with Crippen molar-refractivity contribution in [2.75, 3.05) is 5.73 Å². The number of anilines is 1. The number of nitrogens with two attached hydrogens (primary N) is 1. The van der Waals surface area contributed by atoms with Crippen LogP contribution in [0.15, 0.2) is 53.6 Å². The average molecular weight is 344 g/mol. The Balaban J connectivity index is 1.81. The van der Waals surface area contributed by atoms with Gasteiger partial charge >= 0.3 is 0 Å². The van der Waals surface area contributed by atoms with E-state index in [0.717, 1.165) is 15.6 Å². The van der Waals surface area contributed by atoms with Crippen LogP contribution in [-0.2, 0) is 0 Å². The number of hydrogen-bond donors (Lipinski definition) is 2. The Morgan fingerprint density at radius 2 is 1.87 bits per heavy atom. The maximum Gasteiger partial charge on any atom is 0.283 e. The number of rotatable bonds is 3. The smallest absolute Gasteiger partial charge is 0.283 e. The van der Waals surface area contributed by atoms with Gasteiger partial charge in [0.05, 0.1) is 10.7 Å². The molecule has 2 aromatic carbocycles. The quantitative estimate of drug-likeness (QED) is 0.423. The third kappa shape index (κ3) is 3.21. The number of carbonyl (C=O) groups is 1. The zero-order valence-corrected chi connectivity index (χ0v) is 13.9. The van der Waals surface area contributed by atoms with Crippen LogP contribution < -0.4 is 11.2 Å². The molecule has 3 aromatic rings. The predicted octanol–water partition coefficient (Wildman–Crippen LogP) is 4.29. The van der Waals surface area contributed by atoms with Crippen molar-refractivity contribution >= 4 is 50.3 Å². The molecule has 0 unspecified atom stereocenters. The number of nitrogen functional groups attached to an aromatic ring is 1. The molecule has 4 nitrogen and oxygen atoms in total. The number of carbonyl (C=O) groups excluding carboxylic acids is 1. The van der Waals surface area contributed by atoms with E-state index >= 15 is 0 Å². The standard InChI is InChI=1S/C17H14ClN3OS/c1-10(11-6-8-12(19)9-7-11)20-21-17(22)16-15(18)13-4-2-3-5-14(13)23-16/h2-9H,19H2,1H3,(H,21,22)/b20-10-. The molecule has 3 rings (SSSR count). The summed E-state index contributed by atoms with van der Waals surface area (Å²) in [4.78, 5) is 12.8. The molecule has 0 saturated carbocycles. The predicted molar refractivity (Wildman–Crippen MR) is 97.4 cm³/mol. The number of hydrazone groups is 1. The molecule has 1 heterocycles. The summed E-state index contributed by atoms with van der Waals surface area (Å²) < 4.78 is 0.974. The van der Waals surface area contributed by atoms with Crippen molar-refractivity contribution in [3.05, 3.63) is 64.0 Å². The second-order valence-electron chi connectivity index (χ2n) is 5.00. The first-order valence-corrected chi connectivity index (χ1v) is 8.13. The molecule has 0 saturated heterocycles. The highest BCUT2D eigenvalue weighted by molar-refractivity contribution is 7.21. The van der Waals surface area contributed by atoms with Gasteiger partial charge in [-0.15, -0.1) is 11.3 Å². The molecule has 23 heavy (non-hydrogen) atoms. The van der Waals surface area contributed by atoms with E-state index in [1.54, 1.807) is 12.1 Å². The summed E-state index contributed by atoms with van der Waals surface area (Å²) in [5.41, 5.74) is 10.5. The molecule has 0 spiro atoms. The number of nitrogens with one attached hydrogen (secondary N) is 1. The van der Waals surface area contributed by atoms with Crippen molar-refractivity contribution in [2.45, 2.75) is 6.92 Å². The largest absolute Gasteiger partial charge is 0.399 e. The molecule has 116 valence electrons. The Morgan fingerprint density at radius 1 is 1.17 bits per heavy atom. The molecular formula is C17H14ClN3OS. The molecule has 0 aliphatic heterocycles. The van der Waals surface area contributed by atoms with Crippen molar-refractivity contribution < 1.29 is 4.79 Å². The second kappa shape index (κ2) is 6.40. The molecule has 0 aliphatic rings. The highest BCUT2D eigenvalue weighted by atomic mass is 35.5. The summed E-state index contributed by atoms with van der Waals surface area (Å²) in [6.07, 6.45) is 0. The van der Waals surface area contributed by atoms with E-state index in [4.69, 9.17) is 17.3 Å². The molecule has 6 heteroatoms. The fourth-order valence-corrected chi connectivity index (χ4v) is 3.54. The van der Waals surface area contributed by atoms with Gasteiger partial charge in [0.15, 0.2) is 0 Å². The molecule has 0 aliphatic carbocycles. The lowest BCUT2D eigenvalue weighted by atomic mass is 10.1. The Bertz CT molecular complexity index is 900. The molecule has 0 bridgehead atoms. The van der Waals surface area contributed by atoms with Crippen LogP contribution in [0.3, 0.4) is 0 Å². The summed E-state index contributed by atoms with van der Waals surface area (Å²) in [5.74, 6) is -0.314. The average Bonchev–Trinajstić information content (AvgIpc) is 2.90. The maximum atomic E-state index is 12.3. The van der Waals surface area contributed by atoms with Gasteiger partial charge in [-0.3, -0.25) is 4.79 Å². The third-order valence-electron chi connectivity index (χ3n) is 3.39. The highest BCUT2D eigenvalue weighted by Gasteiger charge is 2.16. The molecule has 1 aromatic heterocycles. The Morgan fingerprint density at radius 3 is 2.57 bits per heavy atom. The van der Waals surface area contributed by atoms with Gasteiger partial charge in [-0.1, -0.05) is 41.9 Å². The number of hydrogen-bond acceptors (Lipinski definition) is 4. The van der Waals surface area contributed by atoms with E-state index in [2.05, 4.69) is 10.5 Å². The number of nitrogens with zero attached hydrogens (tertiary/aromatic N) is 1. The van der Waals surface area contributed by atoms with Crippen molar-refractivity contribution in [2.24, 2.45) is 5.10 Å². The van der Waals surface area contributed by atoms with E-state index in [1.807, 2.05) is 43.3 Å². The summed E-state index contributed by atoms with van der Waals surface area (Å²) in [6, 6.07) is 14.9. The number of benzene rings is 2. The Kier molecular flexibility index (Phi) is 4.32. The first-order valence-electron chi connectivity index (χ1n) is 6.94. The van der Waals surface area contributed by atoms with E-state index in [0.29, 0.717) is 21.3 Å². The van der Waals surface area contributed by atoms with Gasteiger partial charge in [-0.25, -0.2) is 5.43 Å². The van der Waals surface area contributed by atoms with Crippen LogP contribution in [0.2, 0.25) is 5.02 Å². The third-order valence-corrected chi connectivity index (χ3v) is 5.07. The van der Waals surface area contributed by atoms with Crippen LogP contribution in [0.1, 0.15) is 22.2 Å². The molecule has 0 fully saturated rings. The van der Waals surface area contributed by atoms with E-state index in [1.165, 1.54) is 11.3 Å². The Hall–Kier alpha value is -2.37. The topological polar surface area (TPSA) is 67.5 Å². The fraction of sp³-hybridized carbons (Fsp3) is 0.0588. The van der Waals surface area contributed by atoms with Gasteiger partial charge in [0.25, 0.3) is 5.91 Å². The summed E-state index contributed by atoms with van der Waals surface area (Å²) in [7, 11) is 0. The summed E-state index contributed by atoms with van der Waals surface area (Å²) >= 11 is 7.64. The van der Waals surface area contributed by atoms with Gasteiger partial charge in [0.2, 0.25) is 0 Å². The minimum atomic E-state index is -0.314. The molecular weight excluding hydrogens is 330 g/mol. The first-order chi connectivity index (χ1) is 11.1. The van der Waals surface area contributed by atoms with Crippen molar-refractivity contribution in [1.82, 2.24) is 5.43 Å².